The first-order valence-electron chi connectivity index (χ1n) is 11.0. The van der Waals surface area contributed by atoms with Crippen molar-refractivity contribution in [1.82, 2.24) is 20.2 Å². The van der Waals surface area contributed by atoms with Crippen LogP contribution in [0, 0.1) is 17.6 Å². The Labute approximate surface area is 199 Å². The van der Waals surface area contributed by atoms with Gasteiger partial charge in [-0.25, -0.2) is 18.6 Å². The number of benzene rings is 1. The first kappa shape index (κ1) is 23.7. The van der Waals surface area contributed by atoms with Crippen LogP contribution in [0.1, 0.15) is 23.2 Å². The summed E-state index contributed by atoms with van der Waals surface area (Å²) >= 11 is 0. The van der Waals surface area contributed by atoms with Gasteiger partial charge >= 0.3 is 12.2 Å². The van der Waals surface area contributed by atoms with Gasteiger partial charge in [0, 0.05) is 19.3 Å². The molecule has 1 saturated heterocycles. The van der Waals surface area contributed by atoms with Gasteiger partial charge < -0.3 is 10.6 Å². The van der Waals surface area contributed by atoms with Gasteiger partial charge in [0.1, 0.15) is 34.7 Å². The van der Waals surface area contributed by atoms with Gasteiger partial charge in [0.15, 0.2) is 5.65 Å². The predicted octanol–water partition coefficient (Wildman–Crippen LogP) is 3.26. The first-order chi connectivity index (χ1) is 17.1. The van der Waals surface area contributed by atoms with E-state index in [4.69, 9.17) is 0 Å². The highest BCUT2D eigenvalue weighted by Gasteiger charge is 2.50. The number of amides is 3. The Morgan fingerprint density at radius 2 is 1.81 bits per heavy atom. The van der Waals surface area contributed by atoms with Crippen molar-refractivity contribution in [3.8, 4) is 5.69 Å². The second-order valence-corrected chi connectivity index (χ2v) is 8.57. The Balaban J connectivity index is 1.69. The largest absolute Gasteiger partial charge is 0.408 e. The van der Waals surface area contributed by atoms with Gasteiger partial charge in [-0.1, -0.05) is 6.07 Å². The van der Waals surface area contributed by atoms with Gasteiger partial charge in [-0.15, -0.1) is 0 Å². The number of rotatable bonds is 5. The first-order valence-corrected chi connectivity index (χ1v) is 11.0. The molecule has 2 aromatic heterocycles. The summed E-state index contributed by atoms with van der Waals surface area (Å²) in [6.07, 6.45) is -3.44. The van der Waals surface area contributed by atoms with Crippen LogP contribution in [0.4, 0.5) is 32.6 Å². The number of halogens is 5. The van der Waals surface area contributed by atoms with E-state index in [0.29, 0.717) is 6.54 Å². The minimum absolute atomic E-state index is 0.0745. The lowest BCUT2D eigenvalue weighted by Gasteiger charge is -2.22. The van der Waals surface area contributed by atoms with E-state index in [9.17, 15) is 36.3 Å². The van der Waals surface area contributed by atoms with Crippen molar-refractivity contribution in [3.05, 3.63) is 63.9 Å². The molecule has 0 bridgehead atoms. The van der Waals surface area contributed by atoms with Crippen molar-refractivity contribution < 1.29 is 31.5 Å². The third-order valence-corrected chi connectivity index (χ3v) is 6.13. The van der Waals surface area contributed by atoms with Gasteiger partial charge in [0.05, 0.1) is 5.39 Å². The zero-order chi connectivity index (χ0) is 25.8. The summed E-state index contributed by atoms with van der Waals surface area (Å²) in [6.45, 7) is 0.573. The topological polar surface area (TPSA) is 96.3 Å². The maximum atomic E-state index is 14.8. The molecule has 8 nitrogen and oxygen atoms in total. The molecule has 3 aromatic rings. The third kappa shape index (κ3) is 4.14. The van der Waals surface area contributed by atoms with E-state index >= 15 is 0 Å². The molecule has 13 heteroatoms. The maximum Gasteiger partial charge on any atom is 0.408 e. The van der Waals surface area contributed by atoms with E-state index in [-0.39, 0.29) is 36.2 Å². The van der Waals surface area contributed by atoms with E-state index in [1.165, 1.54) is 17.0 Å². The van der Waals surface area contributed by atoms with Crippen molar-refractivity contribution in [2.75, 3.05) is 18.0 Å². The number of nitrogens with zero attached hydrogens (tertiary/aromatic N) is 3. The molecule has 1 saturated carbocycles. The number of carbonyl (C=O) groups excluding carboxylic acids is 2. The number of alkyl halides is 3. The SMILES string of the molecule is O=C(NC(C1CC1)C(F)(F)F)c1cn(-c2c(F)cccc2F)c2nc(N3CCNC3=O)ccc2c1=O. The van der Waals surface area contributed by atoms with E-state index in [2.05, 4.69) is 10.3 Å². The maximum absolute atomic E-state index is 14.8. The Kier molecular flexibility index (Phi) is 5.64. The fraction of sp³-hybridized carbons (Fsp3) is 0.304. The lowest BCUT2D eigenvalue weighted by Crippen LogP contribution is -2.48. The van der Waals surface area contributed by atoms with Crippen molar-refractivity contribution in [2.24, 2.45) is 5.92 Å². The number of hydrogen-bond donors (Lipinski definition) is 2. The fourth-order valence-corrected chi connectivity index (χ4v) is 4.20. The summed E-state index contributed by atoms with van der Waals surface area (Å²) < 4.78 is 70.7. The number of para-hydroxylation sites is 1. The minimum atomic E-state index is -4.74. The summed E-state index contributed by atoms with van der Waals surface area (Å²) in [5, 5.41) is 4.16. The second-order valence-electron chi connectivity index (χ2n) is 8.57. The molecule has 2 N–H and O–H groups in total. The summed E-state index contributed by atoms with van der Waals surface area (Å²) in [6, 6.07) is 2.86. The van der Waals surface area contributed by atoms with Gasteiger partial charge in [-0.05, 0) is 43.0 Å². The Bertz CT molecular complexity index is 1430. The molecule has 1 aliphatic carbocycles. The molecule has 0 spiro atoms. The smallest absolute Gasteiger partial charge is 0.340 e. The average molecular weight is 507 g/mol. The summed E-state index contributed by atoms with van der Waals surface area (Å²) in [5.41, 5.74) is -2.69. The molecule has 2 aliphatic rings. The molecule has 3 heterocycles. The molecule has 3 amide bonds. The highest BCUT2D eigenvalue weighted by molar-refractivity contribution is 5.98. The van der Waals surface area contributed by atoms with Crippen LogP contribution in [0.5, 0.6) is 0 Å². The second kappa shape index (κ2) is 8.57. The predicted molar refractivity (Wildman–Crippen MR) is 118 cm³/mol. The highest BCUT2D eigenvalue weighted by atomic mass is 19.4. The van der Waals surface area contributed by atoms with Crippen LogP contribution in [0.3, 0.4) is 0 Å². The summed E-state index contributed by atoms with van der Waals surface area (Å²) in [4.78, 5) is 43.6. The van der Waals surface area contributed by atoms with Crippen LogP contribution >= 0.6 is 0 Å². The molecule has 36 heavy (non-hydrogen) atoms. The van der Waals surface area contributed by atoms with Gasteiger partial charge in [0.25, 0.3) is 5.91 Å². The number of anilines is 1. The van der Waals surface area contributed by atoms with Crippen molar-refractivity contribution >= 4 is 28.8 Å². The van der Waals surface area contributed by atoms with Crippen LogP contribution in [0.2, 0.25) is 0 Å². The molecule has 188 valence electrons. The molecule has 5 rings (SSSR count). The van der Waals surface area contributed by atoms with E-state index in [1.807, 2.05) is 5.32 Å². The number of urea groups is 1. The van der Waals surface area contributed by atoms with E-state index in [0.717, 1.165) is 29.0 Å². The molecular formula is C23H18F5N5O3. The number of hydrogen-bond acceptors (Lipinski definition) is 4. The lowest BCUT2D eigenvalue weighted by molar-refractivity contribution is -0.158. The highest BCUT2D eigenvalue weighted by Crippen LogP contribution is 2.40. The van der Waals surface area contributed by atoms with Crippen molar-refractivity contribution in [2.45, 2.75) is 25.1 Å². The average Bonchev–Trinajstić information content (AvgIpc) is 3.56. The summed E-state index contributed by atoms with van der Waals surface area (Å²) in [5.74, 6) is -4.20. The van der Waals surface area contributed by atoms with E-state index in [1.54, 1.807) is 0 Å². The Morgan fingerprint density at radius 1 is 1.11 bits per heavy atom. The molecule has 1 aromatic carbocycles. The number of aromatic nitrogens is 2. The monoisotopic (exact) mass is 507 g/mol. The van der Waals surface area contributed by atoms with Crippen LogP contribution < -0.4 is 21.0 Å². The Hall–Kier alpha value is -4.03. The molecule has 1 atom stereocenters. The Morgan fingerprint density at radius 3 is 2.39 bits per heavy atom. The number of carbonyl (C=O) groups is 2. The zero-order valence-electron chi connectivity index (χ0n) is 18.4. The molecule has 1 aliphatic heterocycles. The normalized spacial score (nSPS) is 16.8. The van der Waals surface area contributed by atoms with E-state index < -0.39 is 58.4 Å². The summed E-state index contributed by atoms with van der Waals surface area (Å²) in [7, 11) is 0. The van der Waals surface area contributed by atoms with Crippen LogP contribution in [-0.4, -0.2) is 46.8 Å². The number of fused-ring (bicyclic) bond motifs is 1. The van der Waals surface area contributed by atoms with Gasteiger partial charge in [-0.2, -0.15) is 13.2 Å². The van der Waals surface area contributed by atoms with Crippen LogP contribution in [0.15, 0.2) is 41.3 Å². The fourth-order valence-electron chi connectivity index (χ4n) is 4.20. The van der Waals surface area contributed by atoms with Crippen molar-refractivity contribution in [1.29, 1.82) is 0 Å². The third-order valence-electron chi connectivity index (χ3n) is 6.13. The van der Waals surface area contributed by atoms with Crippen molar-refractivity contribution in [3.63, 3.8) is 0 Å². The molecule has 1 unspecified atom stereocenters. The quantitative estimate of drug-likeness (QED) is 0.519. The van der Waals surface area contributed by atoms with Gasteiger partial charge in [-0.3, -0.25) is 19.1 Å². The molecule has 0 radical (unpaired) electrons. The minimum Gasteiger partial charge on any atom is -0.340 e. The van der Waals surface area contributed by atoms with Crippen LogP contribution in [-0.2, 0) is 0 Å². The lowest BCUT2D eigenvalue weighted by atomic mass is 10.1. The number of nitrogens with one attached hydrogen (secondary N) is 2. The standard InChI is InChI=1S/C23H18F5N5O3/c24-14-2-1-3-15(25)17(14)33-10-13(21(35)31-19(11-4-5-11)23(26,27)28)18(34)12-6-7-16(30-20(12)33)32-9-8-29-22(32)36/h1-3,6-7,10-11,19H,4-5,8-9H2,(H,29,36)(H,31,35). The molecule has 2 fully saturated rings. The van der Waals surface area contributed by atoms with Crippen LogP contribution in [0.25, 0.3) is 16.7 Å². The number of pyridine rings is 2. The zero-order valence-corrected chi connectivity index (χ0v) is 18.4. The molecular weight excluding hydrogens is 489 g/mol. The van der Waals surface area contributed by atoms with Gasteiger partial charge in [0.2, 0.25) is 5.43 Å².